The van der Waals surface area contributed by atoms with Crippen LogP contribution in [0, 0.1) is 6.92 Å². The number of imide groups is 1. The van der Waals surface area contributed by atoms with Gasteiger partial charge in [-0.05, 0) is 30.7 Å². The summed E-state index contributed by atoms with van der Waals surface area (Å²) >= 11 is 0. The predicted octanol–water partition coefficient (Wildman–Crippen LogP) is 1.90. The van der Waals surface area contributed by atoms with Crippen molar-refractivity contribution in [1.29, 1.82) is 0 Å². The number of nitrogens with zero attached hydrogens (tertiary/aromatic N) is 1. The first kappa shape index (κ1) is 12.2. The average Bonchev–Trinajstić information content (AvgIpc) is 2.19. The zero-order chi connectivity index (χ0) is 12.3. The van der Waals surface area contributed by atoms with Gasteiger partial charge in [0.2, 0.25) is 11.8 Å². The van der Waals surface area contributed by atoms with E-state index in [-0.39, 0.29) is 11.8 Å². The van der Waals surface area contributed by atoms with Crippen molar-refractivity contribution < 1.29 is 14.3 Å². The largest absolute Gasteiger partial charge is 0.497 e. The highest BCUT2D eigenvalue weighted by molar-refractivity contribution is 6.13. The molecule has 0 aromatic heterocycles. The molecule has 1 aromatic rings. The van der Waals surface area contributed by atoms with Gasteiger partial charge in [-0.3, -0.25) is 14.5 Å². The third-order valence-corrected chi connectivity index (χ3v) is 2.27. The molecule has 0 aliphatic carbocycles. The van der Waals surface area contributed by atoms with Gasteiger partial charge in [0, 0.05) is 13.8 Å². The molecule has 0 saturated carbocycles. The molecule has 0 unspecified atom stereocenters. The highest BCUT2D eigenvalue weighted by Gasteiger charge is 2.18. The molecule has 16 heavy (non-hydrogen) atoms. The second-order valence-corrected chi connectivity index (χ2v) is 3.53. The topological polar surface area (TPSA) is 46.6 Å². The second-order valence-electron chi connectivity index (χ2n) is 3.53. The van der Waals surface area contributed by atoms with E-state index in [0.717, 1.165) is 10.5 Å². The zero-order valence-electron chi connectivity index (χ0n) is 9.90. The highest BCUT2D eigenvalue weighted by atomic mass is 16.5. The molecule has 4 heteroatoms. The van der Waals surface area contributed by atoms with Crippen molar-refractivity contribution in [3.63, 3.8) is 0 Å². The maximum absolute atomic E-state index is 11.4. The minimum absolute atomic E-state index is 0.291. The van der Waals surface area contributed by atoms with Crippen LogP contribution in [0.2, 0.25) is 0 Å². The summed E-state index contributed by atoms with van der Waals surface area (Å²) in [6.07, 6.45) is 0. The number of anilines is 1. The Morgan fingerprint density at radius 2 is 1.75 bits per heavy atom. The normalized spacial score (nSPS) is 9.75. The Bertz CT molecular complexity index is 412. The van der Waals surface area contributed by atoms with Crippen LogP contribution in [0.25, 0.3) is 0 Å². The van der Waals surface area contributed by atoms with Crippen molar-refractivity contribution in [1.82, 2.24) is 0 Å². The van der Waals surface area contributed by atoms with Crippen LogP contribution in [-0.4, -0.2) is 18.9 Å². The molecule has 0 aliphatic heterocycles. The van der Waals surface area contributed by atoms with Crippen molar-refractivity contribution in [2.45, 2.75) is 20.8 Å². The Balaban J connectivity index is 3.20. The summed E-state index contributed by atoms with van der Waals surface area (Å²) in [5.41, 5.74) is 1.42. The number of methoxy groups -OCH3 is 1. The van der Waals surface area contributed by atoms with Gasteiger partial charge >= 0.3 is 0 Å². The first-order valence-corrected chi connectivity index (χ1v) is 4.93. The van der Waals surface area contributed by atoms with Crippen molar-refractivity contribution >= 4 is 17.5 Å². The van der Waals surface area contributed by atoms with Crippen LogP contribution >= 0.6 is 0 Å². The lowest BCUT2D eigenvalue weighted by atomic mass is 10.1. The molecule has 0 heterocycles. The number of ether oxygens (including phenoxy) is 1. The van der Waals surface area contributed by atoms with Gasteiger partial charge in [0.25, 0.3) is 0 Å². The van der Waals surface area contributed by atoms with Crippen LogP contribution in [0.5, 0.6) is 5.75 Å². The van der Waals surface area contributed by atoms with Crippen LogP contribution in [0.15, 0.2) is 18.2 Å². The molecule has 0 spiro atoms. The summed E-state index contributed by atoms with van der Waals surface area (Å²) in [6, 6.07) is 5.21. The first-order chi connectivity index (χ1) is 7.47. The molecule has 0 radical (unpaired) electrons. The number of rotatable bonds is 2. The van der Waals surface area contributed by atoms with Gasteiger partial charge in [-0.15, -0.1) is 0 Å². The Morgan fingerprint density at radius 3 is 2.12 bits per heavy atom. The maximum atomic E-state index is 11.4. The van der Waals surface area contributed by atoms with E-state index in [1.807, 2.05) is 6.92 Å². The molecular formula is C12H15NO3. The average molecular weight is 221 g/mol. The first-order valence-electron chi connectivity index (χ1n) is 4.93. The fourth-order valence-electron chi connectivity index (χ4n) is 1.57. The minimum atomic E-state index is -0.291. The molecule has 0 N–H and O–H groups in total. The van der Waals surface area contributed by atoms with Crippen LogP contribution in [0.4, 0.5) is 5.69 Å². The Labute approximate surface area is 94.8 Å². The lowest BCUT2D eigenvalue weighted by Gasteiger charge is -2.19. The van der Waals surface area contributed by atoms with E-state index in [0.29, 0.717) is 11.4 Å². The summed E-state index contributed by atoms with van der Waals surface area (Å²) in [5, 5.41) is 0. The molecule has 0 atom stereocenters. The molecule has 0 aliphatic rings. The highest BCUT2D eigenvalue weighted by Crippen LogP contribution is 2.24. The van der Waals surface area contributed by atoms with Gasteiger partial charge in [0.15, 0.2) is 0 Å². The molecule has 0 fully saturated rings. The minimum Gasteiger partial charge on any atom is -0.497 e. The summed E-state index contributed by atoms with van der Waals surface area (Å²) in [5.74, 6) is 0.120. The molecule has 4 nitrogen and oxygen atoms in total. The molecule has 1 aromatic carbocycles. The quantitative estimate of drug-likeness (QED) is 0.766. The number of benzene rings is 1. The van der Waals surface area contributed by atoms with E-state index in [1.54, 1.807) is 25.3 Å². The van der Waals surface area contributed by atoms with E-state index in [9.17, 15) is 9.59 Å². The van der Waals surface area contributed by atoms with Crippen LogP contribution in [0.1, 0.15) is 19.4 Å². The third-order valence-electron chi connectivity index (χ3n) is 2.27. The van der Waals surface area contributed by atoms with Crippen molar-refractivity contribution in [3.8, 4) is 5.75 Å². The number of amides is 2. The number of carbonyl (C=O) groups is 2. The van der Waals surface area contributed by atoms with Gasteiger partial charge in [-0.25, -0.2) is 0 Å². The standard InChI is InChI=1S/C12H15NO3/c1-8-7-11(16-4)5-6-12(8)13(9(2)14)10(3)15/h5-7H,1-4H3. The Morgan fingerprint density at radius 1 is 1.19 bits per heavy atom. The van der Waals surface area contributed by atoms with Gasteiger partial charge < -0.3 is 4.74 Å². The monoisotopic (exact) mass is 221 g/mol. The Hall–Kier alpha value is -1.84. The van der Waals surface area contributed by atoms with Gasteiger partial charge in [0.1, 0.15) is 5.75 Å². The van der Waals surface area contributed by atoms with Crippen LogP contribution in [-0.2, 0) is 9.59 Å². The summed E-state index contributed by atoms with van der Waals surface area (Å²) < 4.78 is 5.06. The number of hydrogen-bond acceptors (Lipinski definition) is 3. The van der Waals surface area contributed by atoms with E-state index in [2.05, 4.69) is 0 Å². The predicted molar refractivity (Wildman–Crippen MR) is 61.6 cm³/mol. The van der Waals surface area contributed by atoms with Gasteiger partial charge in [0.05, 0.1) is 12.8 Å². The Kier molecular flexibility index (Phi) is 3.66. The molecule has 0 saturated heterocycles. The van der Waals surface area contributed by atoms with E-state index in [4.69, 9.17) is 4.74 Å². The lowest BCUT2D eigenvalue weighted by molar-refractivity contribution is -0.124. The van der Waals surface area contributed by atoms with E-state index in [1.165, 1.54) is 13.8 Å². The van der Waals surface area contributed by atoms with Gasteiger partial charge in [-0.2, -0.15) is 0 Å². The number of hydrogen-bond donors (Lipinski definition) is 0. The zero-order valence-corrected chi connectivity index (χ0v) is 9.90. The SMILES string of the molecule is COc1ccc(N(C(C)=O)C(C)=O)c(C)c1. The van der Waals surface area contributed by atoms with Gasteiger partial charge in [-0.1, -0.05) is 0 Å². The lowest BCUT2D eigenvalue weighted by Crippen LogP contribution is -2.33. The third kappa shape index (κ3) is 2.39. The molecule has 0 bridgehead atoms. The fraction of sp³-hybridized carbons (Fsp3) is 0.333. The van der Waals surface area contributed by atoms with E-state index >= 15 is 0 Å². The molecular weight excluding hydrogens is 206 g/mol. The van der Waals surface area contributed by atoms with Crippen molar-refractivity contribution in [3.05, 3.63) is 23.8 Å². The summed E-state index contributed by atoms with van der Waals surface area (Å²) in [4.78, 5) is 23.9. The second kappa shape index (κ2) is 4.79. The molecule has 86 valence electrons. The smallest absolute Gasteiger partial charge is 0.230 e. The van der Waals surface area contributed by atoms with Crippen molar-refractivity contribution in [2.24, 2.45) is 0 Å². The van der Waals surface area contributed by atoms with Crippen LogP contribution < -0.4 is 9.64 Å². The maximum Gasteiger partial charge on any atom is 0.230 e. The summed E-state index contributed by atoms with van der Waals surface area (Å²) in [6.45, 7) is 4.56. The van der Waals surface area contributed by atoms with E-state index < -0.39 is 0 Å². The molecule has 2 amide bonds. The fourth-order valence-corrected chi connectivity index (χ4v) is 1.57. The summed E-state index contributed by atoms with van der Waals surface area (Å²) in [7, 11) is 1.57. The van der Waals surface area contributed by atoms with Crippen molar-refractivity contribution in [2.75, 3.05) is 12.0 Å². The number of carbonyl (C=O) groups excluding carboxylic acids is 2. The van der Waals surface area contributed by atoms with Crippen LogP contribution in [0.3, 0.4) is 0 Å². The number of aryl methyl sites for hydroxylation is 1. The molecule has 1 rings (SSSR count).